The second-order valence-corrected chi connectivity index (χ2v) is 7.65. The molecule has 2 aromatic rings. The van der Waals surface area contributed by atoms with Crippen molar-refractivity contribution >= 4 is 16.9 Å². The van der Waals surface area contributed by atoms with Gasteiger partial charge in [0.1, 0.15) is 11.3 Å². The quantitative estimate of drug-likeness (QED) is 0.749. The van der Waals surface area contributed by atoms with Gasteiger partial charge in [0.25, 0.3) is 11.8 Å². The summed E-state index contributed by atoms with van der Waals surface area (Å²) in [5.74, 6) is -2.60. The van der Waals surface area contributed by atoms with Crippen LogP contribution in [0.3, 0.4) is 0 Å². The third-order valence-corrected chi connectivity index (χ3v) is 5.66. The summed E-state index contributed by atoms with van der Waals surface area (Å²) in [6.07, 6.45) is 2.18. The first-order valence-corrected chi connectivity index (χ1v) is 9.76. The minimum absolute atomic E-state index is 0.0261. The number of likely N-dealkylation sites (tertiary alicyclic amines) is 1. The zero-order valence-electron chi connectivity index (χ0n) is 15.8. The number of piperidine rings is 1. The number of carbonyl (C=O) groups is 1. The first-order chi connectivity index (χ1) is 13.3. The smallest absolute Gasteiger partial charge is 0.339 e. The van der Waals surface area contributed by atoms with Gasteiger partial charge in [0, 0.05) is 42.9 Å². The number of aryl methyl sites for hydroxylation is 1. The van der Waals surface area contributed by atoms with Gasteiger partial charge in [0.2, 0.25) is 0 Å². The summed E-state index contributed by atoms with van der Waals surface area (Å²) in [5.41, 5.74) is 1.94. The van der Waals surface area contributed by atoms with Gasteiger partial charge in [-0.15, -0.1) is 0 Å². The topological polar surface area (TPSA) is 59.8 Å². The van der Waals surface area contributed by atoms with E-state index in [-0.39, 0.29) is 37.5 Å². The van der Waals surface area contributed by atoms with Gasteiger partial charge in [-0.3, -0.25) is 4.79 Å². The number of ether oxygens (including phenoxy) is 1. The summed E-state index contributed by atoms with van der Waals surface area (Å²) in [7, 11) is 0. The van der Waals surface area contributed by atoms with Crippen LogP contribution in [0.1, 0.15) is 43.7 Å². The number of hydrogen-bond acceptors (Lipinski definition) is 4. The van der Waals surface area contributed by atoms with E-state index in [9.17, 15) is 18.4 Å². The molecule has 0 radical (unpaired) electrons. The van der Waals surface area contributed by atoms with Crippen molar-refractivity contribution in [3.63, 3.8) is 0 Å². The molecule has 0 saturated carbocycles. The molecule has 2 heterocycles. The Kier molecular flexibility index (Phi) is 4.85. The molecule has 2 aliphatic rings. The van der Waals surface area contributed by atoms with Crippen molar-refractivity contribution < 1.29 is 22.7 Å². The van der Waals surface area contributed by atoms with Crippen molar-refractivity contribution in [3.8, 4) is 5.75 Å². The fourth-order valence-electron chi connectivity index (χ4n) is 4.06. The predicted molar refractivity (Wildman–Crippen MR) is 100.0 cm³/mol. The molecule has 4 rings (SSSR count). The highest BCUT2D eigenvalue weighted by molar-refractivity contribution is 5.84. The van der Waals surface area contributed by atoms with Crippen molar-refractivity contribution in [2.45, 2.75) is 57.5 Å². The van der Waals surface area contributed by atoms with Gasteiger partial charge in [-0.05, 0) is 50.3 Å². The maximum absolute atomic E-state index is 13.3. The number of carbonyl (C=O) groups excluding carboxylic acids is 1. The fourth-order valence-corrected chi connectivity index (χ4v) is 4.06. The molecule has 1 saturated heterocycles. The third-order valence-electron chi connectivity index (χ3n) is 5.66. The molecule has 0 bridgehead atoms. The first kappa shape index (κ1) is 18.9. The molecule has 1 aliphatic carbocycles. The van der Waals surface area contributed by atoms with E-state index in [1.165, 1.54) is 4.90 Å². The number of amides is 1. The molecule has 1 atom stereocenters. The minimum Gasteiger partial charge on any atom is -0.481 e. The Morgan fingerprint density at radius 2 is 1.86 bits per heavy atom. The molecule has 1 aromatic heterocycles. The SMILES string of the molecule is CC(Oc1ccc2c3c(c(=O)oc2c1)CCCC3)C(=O)N1CCC(F)(F)CC1. The summed E-state index contributed by atoms with van der Waals surface area (Å²) in [6.45, 7) is 1.65. The van der Waals surface area contributed by atoms with Gasteiger partial charge in [0.15, 0.2) is 6.10 Å². The Balaban J connectivity index is 1.52. The highest BCUT2D eigenvalue weighted by atomic mass is 19.3. The van der Waals surface area contributed by atoms with E-state index in [1.54, 1.807) is 19.1 Å². The molecule has 150 valence electrons. The Hall–Kier alpha value is -2.44. The van der Waals surface area contributed by atoms with Crippen LogP contribution in [-0.2, 0) is 17.6 Å². The van der Waals surface area contributed by atoms with Crippen LogP contribution in [0.25, 0.3) is 11.0 Å². The van der Waals surface area contributed by atoms with E-state index in [0.717, 1.165) is 42.2 Å². The lowest BCUT2D eigenvalue weighted by Crippen LogP contribution is -2.47. The average Bonchev–Trinajstić information content (AvgIpc) is 2.67. The van der Waals surface area contributed by atoms with Gasteiger partial charge in [-0.2, -0.15) is 0 Å². The molecule has 1 fully saturated rings. The van der Waals surface area contributed by atoms with Crippen LogP contribution in [0, 0.1) is 0 Å². The van der Waals surface area contributed by atoms with Crippen LogP contribution in [0.2, 0.25) is 0 Å². The maximum atomic E-state index is 13.3. The Morgan fingerprint density at radius 3 is 2.57 bits per heavy atom. The maximum Gasteiger partial charge on any atom is 0.339 e. The van der Waals surface area contributed by atoms with Crippen LogP contribution in [-0.4, -0.2) is 35.9 Å². The van der Waals surface area contributed by atoms with E-state index >= 15 is 0 Å². The summed E-state index contributed by atoms with van der Waals surface area (Å²) >= 11 is 0. The highest BCUT2D eigenvalue weighted by Crippen LogP contribution is 2.30. The number of benzene rings is 1. The summed E-state index contributed by atoms with van der Waals surface area (Å²) in [5, 5.41) is 0.902. The lowest BCUT2D eigenvalue weighted by molar-refractivity contribution is -0.143. The third kappa shape index (κ3) is 3.62. The molecule has 28 heavy (non-hydrogen) atoms. The monoisotopic (exact) mass is 391 g/mol. The Morgan fingerprint density at radius 1 is 1.18 bits per heavy atom. The van der Waals surface area contributed by atoms with Gasteiger partial charge >= 0.3 is 5.63 Å². The number of alkyl halides is 2. The van der Waals surface area contributed by atoms with Gasteiger partial charge < -0.3 is 14.1 Å². The lowest BCUT2D eigenvalue weighted by atomic mass is 9.91. The normalized spacial score (nSPS) is 19.9. The van der Waals surface area contributed by atoms with Crippen LogP contribution >= 0.6 is 0 Å². The molecule has 5 nitrogen and oxygen atoms in total. The molecule has 1 aromatic carbocycles. The van der Waals surface area contributed by atoms with E-state index in [1.807, 2.05) is 6.07 Å². The van der Waals surface area contributed by atoms with Crippen molar-refractivity contribution in [3.05, 3.63) is 39.7 Å². The zero-order valence-corrected chi connectivity index (χ0v) is 15.8. The van der Waals surface area contributed by atoms with Crippen molar-refractivity contribution in [2.75, 3.05) is 13.1 Å². The van der Waals surface area contributed by atoms with Crippen molar-refractivity contribution in [1.82, 2.24) is 4.90 Å². The van der Waals surface area contributed by atoms with Crippen molar-refractivity contribution in [1.29, 1.82) is 0 Å². The average molecular weight is 391 g/mol. The molecular weight excluding hydrogens is 368 g/mol. The van der Waals surface area contributed by atoms with Crippen LogP contribution in [0.5, 0.6) is 5.75 Å². The van der Waals surface area contributed by atoms with Gasteiger partial charge in [-0.25, -0.2) is 13.6 Å². The standard InChI is InChI=1S/C21H23F2NO4/c1-13(19(25)24-10-8-21(22,23)9-11-24)27-14-6-7-16-15-4-2-3-5-17(15)20(26)28-18(16)12-14/h6-7,12-13H,2-5,8-11H2,1H3. The largest absolute Gasteiger partial charge is 0.481 e. The number of hydrogen-bond donors (Lipinski definition) is 0. The van der Waals surface area contributed by atoms with Crippen LogP contribution in [0.15, 0.2) is 27.4 Å². The Bertz CT molecular complexity index is 959. The molecule has 0 N–H and O–H groups in total. The number of fused-ring (bicyclic) bond motifs is 3. The van der Waals surface area contributed by atoms with Crippen LogP contribution in [0.4, 0.5) is 8.78 Å². The molecule has 1 amide bonds. The highest BCUT2D eigenvalue weighted by Gasteiger charge is 2.37. The first-order valence-electron chi connectivity index (χ1n) is 9.76. The predicted octanol–water partition coefficient (Wildman–Crippen LogP) is 3.70. The number of halogens is 2. The minimum atomic E-state index is -2.70. The summed E-state index contributed by atoms with van der Waals surface area (Å²) in [4.78, 5) is 26.2. The van der Waals surface area contributed by atoms with E-state index in [2.05, 4.69) is 0 Å². The van der Waals surface area contributed by atoms with Crippen LogP contribution < -0.4 is 10.4 Å². The second kappa shape index (κ2) is 7.18. The Labute approximate surface area is 161 Å². The fraction of sp³-hybridized carbons (Fsp3) is 0.524. The molecule has 7 heteroatoms. The molecule has 0 spiro atoms. The van der Waals surface area contributed by atoms with E-state index in [0.29, 0.717) is 11.3 Å². The molecule has 1 unspecified atom stereocenters. The van der Waals surface area contributed by atoms with E-state index in [4.69, 9.17) is 9.15 Å². The molecular formula is C21H23F2NO4. The van der Waals surface area contributed by atoms with Gasteiger partial charge in [0.05, 0.1) is 0 Å². The summed E-state index contributed by atoms with van der Waals surface area (Å²) < 4.78 is 37.8. The molecule has 1 aliphatic heterocycles. The lowest BCUT2D eigenvalue weighted by Gasteiger charge is -2.33. The van der Waals surface area contributed by atoms with Gasteiger partial charge in [-0.1, -0.05) is 0 Å². The number of rotatable bonds is 3. The van der Waals surface area contributed by atoms with E-state index < -0.39 is 12.0 Å². The number of nitrogens with zero attached hydrogens (tertiary/aromatic N) is 1. The summed E-state index contributed by atoms with van der Waals surface area (Å²) in [6, 6.07) is 5.24. The zero-order chi connectivity index (χ0) is 19.9. The van der Waals surface area contributed by atoms with Crippen molar-refractivity contribution in [2.24, 2.45) is 0 Å². The second-order valence-electron chi connectivity index (χ2n) is 7.65.